The SMILES string of the molecule is C[C@@H](Sc1ccc([N+](=O)[O-])cc1)C(=O)OCC(=O)N(C)c1ccccc1. The zero-order chi connectivity index (χ0) is 19.1. The van der Waals surface area contributed by atoms with Gasteiger partial charge in [-0.3, -0.25) is 19.7 Å². The molecule has 0 heterocycles. The Kier molecular flexibility index (Phi) is 6.74. The van der Waals surface area contributed by atoms with Crippen molar-refractivity contribution in [2.45, 2.75) is 17.1 Å². The summed E-state index contributed by atoms with van der Waals surface area (Å²) in [6.45, 7) is 1.30. The summed E-state index contributed by atoms with van der Waals surface area (Å²) in [5.41, 5.74) is 0.695. The zero-order valence-corrected chi connectivity index (χ0v) is 15.1. The van der Waals surface area contributed by atoms with Crippen LogP contribution in [-0.2, 0) is 14.3 Å². The highest BCUT2D eigenvalue weighted by Crippen LogP contribution is 2.26. The number of hydrogen-bond donors (Lipinski definition) is 0. The Morgan fingerprint density at radius 3 is 2.35 bits per heavy atom. The molecule has 0 fully saturated rings. The Bertz CT molecular complexity index is 780. The van der Waals surface area contributed by atoms with Crippen molar-refractivity contribution in [3.63, 3.8) is 0 Å². The highest BCUT2D eigenvalue weighted by atomic mass is 32.2. The number of para-hydroxylation sites is 1. The first-order valence-electron chi connectivity index (χ1n) is 7.78. The van der Waals surface area contributed by atoms with E-state index in [0.29, 0.717) is 10.6 Å². The summed E-state index contributed by atoms with van der Waals surface area (Å²) in [5, 5.41) is 10.1. The van der Waals surface area contributed by atoms with E-state index in [1.807, 2.05) is 18.2 Å². The normalized spacial score (nSPS) is 11.5. The number of nitro groups is 1. The van der Waals surface area contributed by atoms with Gasteiger partial charge in [-0.25, -0.2) is 0 Å². The highest BCUT2D eigenvalue weighted by molar-refractivity contribution is 8.00. The lowest BCUT2D eigenvalue weighted by Gasteiger charge is -2.18. The van der Waals surface area contributed by atoms with Crippen molar-refractivity contribution in [1.82, 2.24) is 0 Å². The third-order valence-electron chi connectivity index (χ3n) is 3.55. The molecule has 2 rings (SSSR count). The molecule has 0 unspecified atom stereocenters. The van der Waals surface area contributed by atoms with Gasteiger partial charge in [0.05, 0.1) is 4.92 Å². The number of nitro benzene ring substituents is 1. The lowest BCUT2D eigenvalue weighted by molar-refractivity contribution is -0.384. The van der Waals surface area contributed by atoms with Gasteiger partial charge in [0.25, 0.3) is 11.6 Å². The van der Waals surface area contributed by atoms with Crippen LogP contribution in [0.4, 0.5) is 11.4 Å². The number of thioether (sulfide) groups is 1. The summed E-state index contributed by atoms with van der Waals surface area (Å²) in [7, 11) is 1.61. The quantitative estimate of drug-likeness (QED) is 0.320. The third kappa shape index (κ3) is 5.32. The smallest absolute Gasteiger partial charge is 0.319 e. The molecule has 0 saturated heterocycles. The van der Waals surface area contributed by atoms with Crippen LogP contribution in [0, 0.1) is 10.1 Å². The van der Waals surface area contributed by atoms with E-state index in [0.717, 1.165) is 0 Å². The van der Waals surface area contributed by atoms with Gasteiger partial charge in [-0.05, 0) is 31.2 Å². The van der Waals surface area contributed by atoms with Gasteiger partial charge in [0.15, 0.2) is 6.61 Å². The number of carbonyl (C=O) groups excluding carboxylic acids is 2. The van der Waals surface area contributed by atoms with E-state index in [-0.39, 0.29) is 18.2 Å². The fourth-order valence-corrected chi connectivity index (χ4v) is 2.91. The molecule has 26 heavy (non-hydrogen) atoms. The van der Waals surface area contributed by atoms with Crippen LogP contribution >= 0.6 is 11.8 Å². The Morgan fingerprint density at radius 2 is 1.77 bits per heavy atom. The van der Waals surface area contributed by atoms with Gasteiger partial charge in [0.1, 0.15) is 5.25 Å². The van der Waals surface area contributed by atoms with Crippen LogP contribution in [0.5, 0.6) is 0 Å². The summed E-state index contributed by atoms with van der Waals surface area (Å²) in [6, 6.07) is 14.9. The number of non-ortho nitro benzene ring substituents is 1. The number of esters is 1. The standard InChI is InChI=1S/C18H18N2O5S/c1-13(26-16-10-8-15(9-11-16)20(23)24)18(22)25-12-17(21)19(2)14-6-4-3-5-7-14/h3-11,13H,12H2,1-2H3/t13-/m1/s1. The number of anilines is 1. The number of nitrogens with zero attached hydrogens (tertiary/aromatic N) is 2. The summed E-state index contributed by atoms with van der Waals surface area (Å²) >= 11 is 1.21. The monoisotopic (exact) mass is 374 g/mol. The first-order chi connectivity index (χ1) is 12.4. The predicted octanol–water partition coefficient (Wildman–Crippen LogP) is 3.28. The number of ether oxygens (including phenoxy) is 1. The van der Waals surface area contributed by atoms with Gasteiger partial charge in [-0.1, -0.05) is 18.2 Å². The minimum Gasteiger partial charge on any atom is -0.455 e. The number of hydrogen-bond acceptors (Lipinski definition) is 6. The average Bonchev–Trinajstić information content (AvgIpc) is 2.66. The van der Waals surface area contributed by atoms with Gasteiger partial charge < -0.3 is 9.64 Å². The number of benzene rings is 2. The number of rotatable bonds is 7. The molecule has 7 nitrogen and oxygen atoms in total. The molecule has 8 heteroatoms. The minimum atomic E-state index is -0.550. The van der Waals surface area contributed by atoms with Crippen molar-refractivity contribution in [3.05, 3.63) is 64.7 Å². The van der Waals surface area contributed by atoms with Gasteiger partial charge in [0, 0.05) is 29.8 Å². The van der Waals surface area contributed by atoms with Gasteiger partial charge in [0.2, 0.25) is 0 Å². The molecule has 1 atom stereocenters. The lowest BCUT2D eigenvalue weighted by atomic mass is 10.3. The largest absolute Gasteiger partial charge is 0.455 e. The van der Waals surface area contributed by atoms with Crippen molar-refractivity contribution >= 4 is 35.0 Å². The topological polar surface area (TPSA) is 89.7 Å². The lowest BCUT2D eigenvalue weighted by Crippen LogP contribution is -2.32. The molecule has 136 valence electrons. The van der Waals surface area contributed by atoms with Crippen LogP contribution in [0.2, 0.25) is 0 Å². The molecule has 0 N–H and O–H groups in total. The molecule has 2 aromatic carbocycles. The molecule has 0 radical (unpaired) electrons. The molecule has 0 spiro atoms. The summed E-state index contributed by atoms with van der Waals surface area (Å²) in [5.74, 6) is -0.861. The fraction of sp³-hybridized carbons (Fsp3) is 0.222. The van der Waals surface area contributed by atoms with Gasteiger partial charge >= 0.3 is 5.97 Å². The maximum Gasteiger partial charge on any atom is 0.319 e. The summed E-state index contributed by atoms with van der Waals surface area (Å²) < 4.78 is 5.08. The summed E-state index contributed by atoms with van der Waals surface area (Å²) in [4.78, 5) is 36.4. The van der Waals surface area contributed by atoms with Crippen LogP contribution in [0.25, 0.3) is 0 Å². The van der Waals surface area contributed by atoms with Gasteiger partial charge in [-0.15, -0.1) is 11.8 Å². The second-order valence-electron chi connectivity index (χ2n) is 5.41. The average molecular weight is 374 g/mol. The molecule has 1 amide bonds. The molecular weight excluding hydrogens is 356 g/mol. The number of amides is 1. The van der Waals surface area contributed by atoms with Crippen LogP contribution in [0.15, 0.2) is 59.5 Å². The minimum absolute atomic E-state index is 0.0147. The van der Waals surface area contributed by atoms with Crippen molar-refractivity contribution in [2.75, 3.05) is 18.6 Å². The molecule has 0 aliphatic heterocycles. The maximum absolute atomic E-state index is 12.1. The molecule has 2 aromatic rings. The molecule has 0 aromatic heterocycles. The van der Waals surface area contributed by atoms with Crippen molar-refractivity contribution in [2.24, 2.45) is 0 Å². The molecule has 0 aliphatic rings. The van der Waals surface area contributed by atoms with Gasteiger partial charge in [-0.2, -0.15) is 0 Å². The van der Waals surface area contributed by atoms with Crippen molar-refractivity contribution in [3.8, 4) is 0 Å². The van der Waals surface area contributed by atoms with Crippen LogP contribution in [-0.4, -0.2) is 35.7 Å². The van der Waals surface area contributed by atoms with Crippen LogP contribution in [0.3, 0.4) is 0 Å². The summed E-state index contributed by atoms with van der Waals surface area (Å²) in [6.07, 6.45) is 0. The Balaban J connectivity index is 1.84. The van der Waals surface area contributed by atoms with E-state index < -0.39 is 16.1 Å². The predicted molar refractivity (Wildman–Crippen MR) is 99.2 cm³/mol. The highest BCUT2D eigenvalue weighted by Gasteiger charge is 2.19. The zero-order valence-electron chi connectivity index (χ0n) is 14.3. The van der Waals surface area contributed by atoms with E-state index in [4.69, 9.17) is 4.74 Å². The van der Waals surface area contributed by atoms with Crippen LogP contribution < -0.4 is 4.90 Å². The van der Waals surface area contributed by atoms with Crippen molar-refractivity contribution < 1.29 is 19.2 Å². The van der Waals surface area contributed by atoms with E-state index in [1.54, 1.807) is 38.2 Å². The van der Waals surface area contributed by atoms with E-state index in [1.165, 1.54) is 28.8 Å². The Hall–Kier alpha value is -2.87. The molecular formula is C18H18N2O5S. The Labute approximate surface area is 155 Å². The fourth-order valence-electron chi connectivity index (χ4n) is 2.04. The van der Waals surface area contributed by atoms with Crippen molar-refractivity contribution in [1.29, 1.82) is 0 Å². The van der Waals surface area contributed by atoms with E-state index in [9.17, 15) is 19.7 Å². The maximum atomic E-state index is 12.1. The molecule has 0 bridgehead atoms. The third-order valence-corrected chi connectivity index (χ3v) is 4.64. The van der Waals surface area contributed by atoms with E-state index in [2.05, 4.69) is 0 Å². The first kappa shape index (κ1) is 19.5. The van der Waals surface area contributed by atoms with E-state index >= 15 is 0 Å². The number of likely N-dealkylation sites (N-methyl/N-ethyl adjacent to an activating group) is 1. The Morgan fingerprint density at radius 1 is 1.15 bits per heavy atom. The number of carbonyl (C=O) groups is 2. The molecule has 0 saturated carbocycles. The second kappa shape index (κ2) is 9.00. The second-order valence-corrected chi connectivity index (χ2v) is 6.82. The van der Waals surface area contributed by atoms with Crippen LogP contribution in [0.1, 0.15) is 6.92 Å². The first-order valence-corrected chi connectivity index (χ1v) is 8.66. The molecule has 0 aliphatic carbocycles.